The first-order valence-corrected chi connectivity index (χ1v) is 8.23. The maximum absolute atomic E-state index is 10.3. The van der Waals surface area contributed by atoms with Crippen LogP contribution in [0.2, 0.25) is 0 Å². The predicted molar refractivity (Wildman–Crippen MR) is 90.3 cm³/mol. The molecule has 3 heteroatoms. The third-order valence-corrected chi connectivity index (χ3v) is 4.39. The van der Waals surface area contributed by atoms with Crippen molar-refractivity contribution < 1.29 is 9.84 Å². The third kappa shape index (κ3) is 3.79. The summed E-state index contributed by atoms with van der Waals surface area (Å²) in [5, 5.41) is 12.5. The van der Waals surface area contributed by atoms with Gasteiger partial charge in [0.25, 0.3) is 0 Å². The maximum Gasteiger partial charge on any atom is 0.127 e. The minimum Gasteiger partial charge on any atom is -0.490 e. The Hall–Kier alpha value is -1.58. The highest BCUT2D eigenvalue weighted by Gasteiger charge is 2.19. The van der Waals surface area contributed by atoms with Crippen LogP contribution >= 0.6 is 0 Å². The standard InChI is InChI=1S/C19H25NO2/c1-15-6-5-11-20(12-15)13-17(21)14-22-19-10-4-8-16-7-2-3-9-18(16)19/h2-4,7-10,15,17,21H,5-6,11-14H2,1H3/t15-,17-/m1/s1. The summed E-state index contributed by atoms with van der Waals surface area (Å²) in [6.07, 6.45) is 2.10. The van der Waals surface area contributed by atoms with Gasteiger partial charge >= 0.3 is 0 Å². The summed E-state index contributed by atoms with van der Waals surface area (Å²) in [5.41, 5.74) is 0. The molecule has 0 aromatic heterocycles. The average Bonchev–Trinajstić information content (AvgIpc) is 2.53. The number of benzene rings is 2. The van der Waals surface area contributed by atoms with Crippen molar-refractivity contribution in [2.45, 2.75) is 25.9 Å². The molecular weight excluding hydrogens is 274 g/mol. The second-order valence-corrected chi connectivity index (χ2v) is 6.45. The number of rotatable bonds is 5. The maximum atomic E-state index is 10.3. The fourth-order valence-electron chi connectivity index (χ4n) is 3.31. The molecule has 3 nitrogen and oxygen atoms in total. The molecule has 22 heavy (non-hydrogen) atoms. The molecule has 0 aliphatic carbocycles. The van der Waals surface area contributed by atoms with E-state index in [2.05, 4.69) is 30.0 Å². The van der Waals surface area contributed by atoms with Crippen LogP contribution in [0.5, 0.6) is 5.75 Å². The largest absolute Gasteiger partial charge is 0.490 e. The number of aliphatic hydroxyl groups is 1. The molecule has 0 saturated carbocycles. The van der Waals surface area contributed by atoms with Crippen LogP contribution in [0, 0.1) is 5.92 Å². The summed E-state index contributed by atoms with van der Waals surface area (Å²) >= 11 is 0. The second kappa shape index (κ2) is 7.12. The Kier molecular flexibility index (Phi) is 4.96. The van der Waals surface area contributed by atoms with Crippen LogP contribution in [0.4, 0.5) is 0 Å². The highest BCUT2D eigenvalue weighted by Crippen LogP contribution is 2.25. The Bertz CT molecular complexity index is 608. The van der Waals surface area contributed by atoms with Gasteiger partial charge in [-0.3, -0.25) is 0 Å². The minimum atomic E-state index is -0.440. The first-order valence-electron chi connectivity index (χ1n) is 8.23. The number of hydrogen-bond acceptors (Lipinski definition) is 3. The Morgan fingerprint density at radius 1 is 1.23 bits per heavy atom. The molecule has 0 spiro atoms. The number of nitrogens with zero attached hydrogens (tertiary/aromatic N) is 1. The van der Waals surface area contributed by atoms with Crippen LogP contribution in [0.15, 0.2) is 42.5 Å². The molecule has 0 radical (unpaired) electrons. The van der Waals surface area contributed by atoms with Crippen LogP contribution in [-0.4, -0.2) is 42.4 Å². The third-order valence-electron chi connectivity index (χ3n) is 4.39. The Morgan fingerprint density at radius 2 is 2.05 bits per heavy atom. The number of aliphatic hydroxyl groups excluding tert-OH is 1. The SMILES string of the molecule is C[C@@H]1CCCN(C[C@@H](O)COc2cccc3ccccc23)C1. The van der Waals surface area contributed by atoms with Crippen LogP contribution in [0.3, 0.4) is 0 Å². The zero-order valence-corrected chi connectivity index (χ0v) is 13.2. The lowest BCUT2D eigenvalue weighted by Crippen LogP contribution is -2.41. The van der Waals surface area contributed by atoms with E-state index in [4.69, 9.17) is 4.74 Å². The van der Waals surface area contributed by atoms with E-state index in [0.717, 1.165) is 30.1 Å². The number of β-amino-alcohol motifs (C(OH)–C–C–N with tert-alkyl or cyclic N) is 1. The van der Waals surface area contributed by atoms with Crippen LogP contribution in [-0.2, 0) is 0 Å². The Labute approximate surface area is 132 Å². The van der Waals surface area contributed by atoms with Gasteiger partial charge in [0.1, 0.15) is 18.5 Å². The number of fused-ring (bicyclic) bond motifs is 1. The summed E-state index contributed by atoms with van der Waals surface area (Å²) in [4.78, 5) is 2.35. The zero-order valence-electron chi connectivity index (χ0n) is 13.2. The van der Waals surface area contributed by atoms with Gasteiger partial charge in [-0.2, -0.15) is 0 Å². The number of ether oxygens (including phenoxy) is 1. The van der Waals surface area contributed by atoms with Crippen molar-refractivity contribution in [3.63, 3.8) is 0 Å². The van der Waals surface area contributed by atoms with E-state index < -0.39 is 6.10 Å². The fourth-order valence-corrected chi connectivity index (χ4v) is 3.31. The van der Waals surface area contributed by atoms with Gasteiger partial charge in [0.2, 0.25) is 0 Å². The molecule has 2 aromatic carbocycles. The first-order chi connectivity index (χ1) is 10.7. The summed E-state index contributed by atoms with van der Waals surface area (Å²) in [6, 6.07) is 14.2. The minimum absolute atomic E-state index is 0.346. The molecule has 1 aliphatic heterocycles. The average molecular weight is 299 g/mol. The number of piperidine rings is 1. The Morgan fingerprint density at radius 3 is 2.91 bits per heavy atom. The molecule has 0 bridgehead atoms. The van der Waals surface area contributed by atoms with Gasteiger partial charge in [-0.15, -0.1) is 0 Å². The Balaban J connectivity index is 1.57. The molecule has 118 valence electrons. The van der Waals surface area contributed by atoms with Crippen molar-refractivity contribution in [3.05, 3.63) is 42.5 Å². The predicted octanol–water partition coefficient (Wildman–Crippen LogP) is 3.31. The van der Waals surface area contributed by atoms with Gasteiger partial charge in [-0.05, 0) is 36.8 Å². The first kappa shape index (κ1) is 15.3. The van der Waals surface area contributed by atoms with Crippen LogP contribution in [0.25, 0.3) is 10.8 Å². The molecule has 0 amide bonds. The number of likely N-dealkylation sites (tertiary alicyclic amines) is 1. The molecule has 1 aliphatic rings. The molecule has 3 rings (SSSR count). The zero-order chi connectivity index (χ0) is 15.4. The van der Waals surface area contributed by atoms with Crippen molar-refractivity contribution in [1.82, 2.24) is 4.90 Å². The highest BCUT2D eigenvalue weighted by molar-refractivity contribution is 5.88. The smallest absolute Gasteiger partial charge is 0.127 e. The van der Waals surface area contributed by atoms with Crippen LogP contribution in [0.1, 0.15) is 19.8 Å². The molecule has 2 atom stereocenters. The van der Waals surface area contributed by atoms with E-state index in [1.807, 2.05) is 24.3 Å². The lowest BCUT2D eigenvalue weighted by Gasteiger charge is -2.32. The topological polar surface area (TPSA) is 32.7 Å². The van der Waals surface area contributed by atoms with Crippen LogP contribution < -0.4 is 4.74 Å². The van der Waals surface area contributed by atoms with Gasteiger partial charge in [0, 0.05) is 18.5 Å². The number of hydrogen-bond donors (Lipinski definition) is 1. The van der Waals surface area contributed by atoms with Crippen molar-refractivity contribution in [2.24, 2.45) is 5.92 Å². The summed E-state index contributed by atoms with van der Waals surface area (Å²) in [7, 11) is 0. The normalized spacial score (nSPS) is 20.9. The van der Waals surface area contributed by atoms with E-state index in [0.29, 0.717) is 13.2 Å². The molecule has 1 heterocycles. The van der Waals surface area contributed by atoms with Crippen molar-refractivity contribution >= 4 is 10.8 Å². The van der Waals surface area contributed by atoms with E-state index in [-0.39, 0.29) is 0 Å². The summed E-state index contributed by atoms with van der Waals surface area (Å²) in [5.74, 6) is 1.59. The monoisotopic (exact) mass is 299 g/mol. The van der Waals surface area contributed by atoms with E-state index in [1.54, 1.807) is 0 Å². The van der Waals surface area contributed by atoms with Gasteiger partial charge < -0.3 is 14.7 Å². The lowest BCUT2D eigenvalue weighted by molar-refractivity contribution is 0.0541. The molecule has 0 unspecified atom stereocenters. The lowest BCUT2D eigenvalue weighted by atomic mass is 10.0. The molecular formula is C19H25NO2. The highest BCUT2D eigenvalue weighted by atomic mass is 16.5. The molecule has 1 fully saturated rings. The summed E-state index contributed by atoms with van der Waals surface area (Å²) in [6.45, 7) is 5.51. The van der Waals surface area contributed by atoms with Gasteiger partial charge in [-0.25, -0.2) is 0 Å². The van der Waals surface area contributed by atoms with Crippen molar-refractivity contribution in [2.75, 3.05) is 26.2 Å². The van der Waals surface area contributed by atoms with Gasteiger partial charge in [-0.1, -0.05) is 43.3 Å². The summed E-state index contributed by atoms with van der Waals surface area (Å²) < 4.78 is 5.87. The quantitative estimate of drug-likeness (QED) is 0.919. The van der Waals surface area contributed by atoms with E-state index >= 15 is 0 Å². The van der Waals surface area contributed by atoms with Gasteiger partial charge in [0.15, 0.2) is 0 Å². The van der Waals surface area contributed by atoms with E-state index in [1.165, 1.54) is 18.2 Å². The molecule has 1 N–H and O–H groups in total. The molecule has 2 aromatic rings. The molecule has 1 saturated heterocycles. The second-order valence-electron chi connectivity index (χ2n) is 6.45. The van der Waals surface area contributed by atoms with E-state index in [9.17, 15) is 5.11 Å². The van der Waals surface area contributed by atoms with Gasteiger partial charge in [0.05, 0.1) is 0 Å². The van der Waals surface area contributed by atoms with Crippen molar-refractivity contribution in [3.8, 4) is 5.75 Å². The van der Waals surface area contributed by atoms with Crippen molar-refractivity contribution in [1.29, 1.82) is 0 Å². The fraction of sp³-hybridized carbons (Fsp3) is 0.474.